The Morgan fingerprint density at radius 1 is 1.18 bits per heavy atom. The Hall–Kier alpha value is -2.79. The lowest BCUT2D eigenvalue weighted by molar-refractivity contribution is -0.131. The summed E-state index contributed by atoms with van der Waals surface area (Å²) < 4.78 is 24.0. The number of hydrogen-bond donors (Lipinski definition) is 1. The molecule has 2 aromatic heterocycles. The van der Waals surface area contributed by atoms with Gasteiger partial charge < -0.3 is 15.1 Å². The minimum atomic E-state index is -3.37. The van der Waals surface area contributed by atoms with Gasteiger partial charge in [0.2, 0.25) is 15.9 Å². The second-order valence-corrected chi connectivity index (χ2v) is 8.62. The fraction of sp³-hybridized carbons (Fsp3) is 0.412. The number of aromatic nitrogens is 3. The molecule has 0 spiro atoms. The summed E-state index contributed by atoms with van der Waals surface area (Å²) in [5.74, 6) is 1.15. The number of hydrogen-bond acceptors (Lipinski definition) is 8. The van der Waals surface area contributed by atoms with E-state index in [4.69, 9.17) is 0 Å². The molecule has 1 aliphatic heterocycles. The van der Waals surface area contributed by atoms with Crippen LogP contribution in [-0.2, 0) is 14.8 Å². The van der Waals surface area contributed by atoms with Gasteiger partial charge in [0.25, 0.3) is 0 Å². The van der Waals surface area contributed by atoms with Crippen molar-refractivity contribution in [1.29, 1.82) is 0 Å². The molecule has 1 aliphatic rings. The van der Waals surface area contributed by atoms with Gasteiger partial charge in [-0.3, -0.25) is 9.78 Å². The van der Waals surface area contributed by atoms with Crippen molar-refractivity contribution in [3.05, 3.63) is 36.7 Å². The van der Waals surface area contributed by atoms with Crippen LogP contribution in [0.5, 0.6) is 0 Å². The van der Waals surface area contributed by atoms with Gasteiger partial charge in [-0.05, 0) is 24.3 Å². The van der Waals surface area contributed by atoms with Gasteiger partial charge in [0.15, 0.2) is 11.6 Å². The first kappa shape index (κ1) is 20.0. The van der Waals surface area contributed by atoms with E-state index >= 15 is 0 Å². The van der Waals surface area contributed by atoms with Gasteiger partial charge >= 0.3 is 0 Å². The molecule has 1 saturated heterocycles. The summed E-state index contributed by atoms with van der Waals surface area (Å²) in [5.41, 5.74) is 0.829. The minimum Gasteiger partial charge on any atom is -0.352 e. The molecule has 1 amide bonds. The third kappa shape index (κ3) is 5.14. The molecule has 0 radical (unpaired) electrons. The molecular weight excluding hydrogens is 382 g/mol. The zero-order valence-electron chi connectivity index (χ0n) is 15.8. The van der Waals surface area contributed by atoms with Crippen LogP contribution in [0, 0.1) is 0 Å². The SMILES string of the molecule is CN(CC(=O)N1CCN(c2ccc(Nc3cccnc3)nn2)CC1)S(C)(=O)=O. The topological polar surface area (TPSA) is 112 Å². The second-order valence-electron chi connectivity index (χ2n) is 6.53. The van der Waals surface area contributed by atoms with Crippen molar-refractivity contribution in [3.63, 3.8) is 0 Å². The van der Waals surface area contributed by atoms with Gasteiger partial charge in [0, 0.05) is 39.4 Å². The Morgan fingerprint density at radius 2 is 1.93 bits per heavy atom. The van der Waals surface area contributed by atoms with Gasteiger partial charge in [-0.1, -0.05) is 0 Å². The maximum atomic E-state index is 12.3. The summed E-state index contributed by atoms with van der Waals surface area (Å²) >= 11 is 0. The van der Waals surface area contributed by atoms with Crippen molar-refractivity contribution < 1.29 is 13.2 Å². The molecule has 0 saturated carbocycles. The molecule has 0 aromatic carbocycles. The highest BCUT2D eigenvalue weighted by molar-refractivity contribution is 7.88. The zero-order valence-corrected chi connectivity index (χ0v) is 16.6. The van der Waals surface area contributed by atoms with Crippen LogP contribution in [0.4, 0.5) is 17.3 Å². The first-order valence-corrected chi connectivity index (χ1v) is 10.6. The summed E-state index contributed by atoms with van der Waals surface area (Å²) in [5, 5.41) is 11.6. The van der Waals surface area contributed by atoms with Crippen LogP contribution in [0.25, 0.3) is 0 Å². The van der Waals surface area contributed by atoms with E-state index in [0.717, 1.165) is 22.1 Å². The first-order chi connectivity index (χ1) is 13.3. The summed E-state index contributed by atoms with van der Waals surface area (Å²) in [6.45, 7) is 2.09. The maximum absolute atomic E-state index is 12.3. The molecule has 2 aromatic rings. The van der Waals surface area contributed by atoms with Crippen molar-refractivity contribution in [2.24, 2.45) is 0 Å². The number of rotatable bonds is 6. The van der Waals surface area contributed by atoms with Gasteiger partial charge in [-0.15, -0.1) is 10.2 Å². The maximum Gasteiger partial charge on any atom is 0.238 e. The molecule has 28 heavy (non-hydrogen) atoms. The van der Waals surface area contributed by atoms with E-state index in [9.17, 15) is 13.2 Å². The van der Waals surface area contributed by atoms with E-state index in [2.05, 4.69) is 20.5 Å². The smallest absolute Gasteiger partial charge is 0.238 e. The van der Waals surface area contributed by atoms with E-state index in [1.165, 1.54) is 7.05 Å². The average Bonchev–Trinajstić information content (AvgIpc) is 2.69. The Bertz CT molecular complexity index is 898. The predicted molar refractivity (Wildman–Crippen MR) is 106 cm³/mol. The summed E-state index contributed by atoms with van der Waals surface area (Å²) in [7, 11) is -1.97. The largest absolute Gasteiger partial charge is 0.352 e. The Labute approximate surface area is 164 Å². The lowest BCUT2D eigenvalue weighted by Gasteiger charge is -2.35. The zero-order chi connectivity index (χ0) is 20.1. The normalized spacial score (nSPS) is 15.0. The summed E-state index contributed by atoms with van der Waals surface area (Å²) in [6.07, 6.45) is 4.49. The van der Waals surface area contributed by atoms with Gasteiger partial charge in [-0.25, -0.2) is 8.42 Å². The van der Waals surface area contributed by atoms with Crippen molar-refractivity contribution in [3.8, 4) is 0 Å². The lowest BCUT2D eigenvalue weighted by Crippen LogP contribution is -2.51. The number of piperazine rings is 1. The standard InChI is InChI=1S/C17H23N7O3S/c1-22(28(2,26)27)13-17(25)24-10-8-23(9-11-24)16-6-5-15(20-21-16)19-14-4-3-7-18-12-14/h3-7,12H,8-11,13H2,1-2H3,(H,19,20). The highest BCUT2D eigenvalue weighted by Crippen LogP contribution is 2.17. The van der Waals surface area contributed by atoms with E-state index in [0.29, 0.717) is 32.0 Å². The molecule has 0 atom stereocenters. The molecule has 150 valence electrons. The Morgan fingerprint density at radius 3 is 2.50 bits per heavy atom. The van der Waals surface area contributed by atoms with Crippen molar-refractivity contribution in [2.75, 3.05) is 56.2 Å². The van der Waals surface area contributed by atoms with Crippen molar-refractivity contribution in [1.82, 2.24) is 24.4 Å². The lowest BCUT2D eigenvalue weighted by atomic mass is 10.3. The van der Waals surface area contributed by atoms with Gasteiger partial charge in [0.1, 0.15) is 0 Å². The molecule has 1 fully saturated rings. The van der Waals surface area contributed by atoms with E-state index in [-0.39, 0.29) is 12.5 Å². The third-order valence-electron chi connectivity index (χ3n) is 4.46. The van der Waals surface area contributed by atoms with Crippen molar-refractivity contribution in [2.45, 2.75) is 0 Å². The number of carbonyl (C=O) groups is 1. The van der Waals surface area contributed by atoms with Gasteiger partial charge in [0.05, 0.1) is 24.7 Å². The van der Waals surface area contributed by atoms with Crippen LogP contribution in [0.1, 0.15) is 0 Å². The Balaban J connectivity index is 1.52. The first-order valence-electron chi connectivity index (χ1n) is 8.78. The quantitative estimate of drug-likeness (QED) is 0.723. The number of carbonyl (C=O) groups excluding carboxylic acids is 1. The molecule has 3 rings (SSSR count). The molecule has 3 heterocycles. The van der Waals surface area contributed by atoms with Crippen LogP contribution in [0.15, 0.2) is 36.7 Å². The van der Waals surface area contributed by atoms with Crippen LogP contribution in [-0.4, -0.2) is 84.7 Å². The molecule has 0 bridgehead atoms. The van der Waals surface area contributed by atoms with E-state index < -0.39 is 10.0 Å². The molecular formula is C17H23N7O3S. The molecule has 11 heteroatoms. The second kappa shape index (κ2) is 8.48. The third-order valence-corrected chi connectivity index (χ3v) is 5.73. The van der Waals surface area contributed by atoms with Crippen LogP contribution in [0.2, 0.25) is 0 Å². The van der Waals surface area contributed by atoms with Crippen LogP contribution in [0.3, 0.4) is 0 Å². The minimum absolute atomic E-state index is 0.145. The fourth-order valence-electron chi connectivity index (χ4n) is 2.74. The number of sulfonamides is 1. The van der Waals surface area contributed by atoms with Crippen LogP contribution >= 0.6 is 0 Å². The molecule has 1 N–H and O–H groups in total. The summed E-state index contributed by atoms with van der Waals surface area (Å²) in [6, 6.07) is 7.44. The van der Waals surface area contributed by atoms with Gasteiger partial charge in [-0.2, -0.15) is 4.31 Å². The number of amides is 1. The molecule has 0 aliphatic carbocycles. The van der Waals surface area contributed by atoms with E-state index in [1.54, 1.807) is 17.3 Å². The molecule has 10 nitrogen and oxygen atoms in total. The summed E-state index contributed by atoms with van der Waals surface area (Å²) in [4.78, 5) is 20.0. The monoisotopic (exact) mass is 405 g/mol. The highest BCUT2D eigenvalue weighted by atomic mass is 32.2. The number of nitrogens with zero attached hydrogens (tertiary/aromatic N) is 6. The number of anilines is 3. The highest BCUT2D eigenvalue weighted by Gasteiger charge is 2.24. The Kier molecular flexibility index (Phi) is 6.05. The van der Waals surface area contributed by atoms with Crippen molar-refractivity contribution >= 4 is 33.3 Å². The van der Waals surface area contributed by atoms with Crippen LogP contribution < -0.4 is 10.2 Å². The van der Waals surface area contributed by atoms with E-state index in [1.807, 2.05) is 29.2 Å². The number of pyridine rings is 1. The fourth-order valence-corrected chi connectivity index (χ4v) is 3.08. The average molecular weight is 405 g/mol. The molecule has 0 unspecified atom stereocenters. The number of nitrogens with one attached hydrogen (secondary N) is 1. The predicted octanol–water partition coefficient (Wildman–Crippen LogP) is 0.155. The number of likely N-dealkylation sites (N-methyl/N-ethyl adjacent to an activating group) is 1.